The second-order valence-corrected chi connectivity index (χ2v) is 6.19. The van der Waals surface area contributed by atoms with Crippen molar-refractivity contribution < 1.29 is 4.42 Å². The minimum Gasteiger partial charge on any atom is -0.445 e. The van der Waals surface area contributed by atoms with Crippen LogP contribution in [-0.2, 0) is 6.42 Å². The maximum Gasteiger partial charge on any atom is 0.195 e. The lowest BCUT2D eigenvalue weighted by Gasteiger charge is -2.09. The first kappa shape index (κ1) is 14.6. The molecule has 0 aromatic carbocycles. The lowest BCUT2D eigenvalue weighted by molar-refractivity contribution is 0.399. The average Bonchev–Trinajstić information content (AvgIpc) is 2.68. The molecule has 0 atom stereocenters. The zero-order valence-corrected chi connectivity index (χ0v) is 12.5. The number of aromatic nitrogens is 1. The monoisotopic (exact) mass is 264 g/mol. The highest BCUT2D eigenvalue weighted by Crippen LogP contribution is 2.31. The summed E-state index contributed by atoms with van der Waals surface area (Å²) >= 11 is 0. The van der Waals surface area contributed by atoms with Crippen LogP contribution in [0, 0.1) is 5.92 Å². The van der Waals surface area contributed by atoms with Crippen molar-refractivity contribution in [2.75, 3.05) is 13.1 Å². The third kappa shape index (κ3) is 4.98. The van der Waals surface area contributed by atoms with Crippen LogP contribution in [0.15, 0.2) is 10.6 Å². The molecule has 1 saturated carbocycles. The maximum atomic E-state index is 5.93. The van der Waals surface area contributed by atoms with Crippen LogP contribution in [0.3, 0.4) is 0 Å². The van der Waals surface area contributed by atoms with E-state index in [0.29, 0.717) is 11.8 Å². The van der Waals surface area contributed by atoms with Crippen LogP contribution in [0.4, 0.5) is 0 Å². The van der Waals surface area contributed by atoms with Gasteiger partial charge in [0.1, 0.15) is 5.76 Å². The fourth-order valence-corrected chi connectivity index (χ4v) is 2.78. The fourth-order valence-electron chi connectivity index (χ4n) is 2.78. The number of nitrogens with one attached hydrogen (secondary N) is 1. The van der Waals surface area contributed by atoms with Gasteiger partial charge < -0.3 is 9.73 Å². The van der Waals surface area contributed by atoms with Crippen LogP contribution in [-0.4, -0.2) is 18.1 Å². The molecular weight excluding hydrogens is 236 g/mol. The van der Waals surface area contributed by atoms with Crippen molar-refractivity contribution in [1.29, 1.82) is 0 Å². The molecule has 108 valence electrons. The number of oxazole rings is 1. The Morgan fingerprint density at radius 2 is 2.00 bits per heavy atom. The van der Waals surface area contributed by atoms with Gasteiger partial charge >= 0.3 is 0 Å². The van der Waals surface area contributed by atoms with E-state index < -0.39 is 0 Å². The molecule has 1 aliphatic carbocycles. The molecule has 19 heavy (non-hydrogen) atoms. The normalized spacial score (nSPS) is 17.8. The Kier molecular flexibility index (Phi) is 5.90. The second-order valence-electron chi connectivity index (χ2n) is 6.19. The minimum atomic E-state index is 0.618. The standard InChI is InChI=1S/C16H28N2O/c1-13(2)11-17-10-9-16-18-12-15(19-16)14-7-5-3-4-6-8-14/h12-14,17H,3-11H2,1-2H3. The first-order valence-corrected chi connectivity index (χ1v) is 7.91. The Morgan fingerprint density at radius 1 is 1.26 bits per heavy atom. The summed E-state index contributed by atoms with van der Waals surface area (Å²) < 4.78 is 5.93. The molecule has 2 rings (SSSR count). The third-order valence-corrected chi connectivity index (χ3v) is 3.90. The van der Waals surface area contributed by atoms with E-state index in [4.69, 9.17) is 4.42 Å². The van der Waals surface area contributed by atoms with Gasteiger partial charge in [-0.1, -0.05) is 39.5 Å². The van der Waals surface area contributed by atoms with Gasteiger partial charge in [-0.15, -0.1) is 0 Å². The molecule has 1 heterocycles. The summed E-state index contributed by atoms with van der Waals surface area (Å²) in [6.07, 6.45) is 10.9. The van der Waals surface area contributed by atoms with Crippen LogP contribution < -0.4 is 5.32 Å². The van der Waals surface area contributed by atoms with E-state index in [0.717, 1.165) is 31.2 Å². The van der Waals surface area contributed by atoms with E-state index in [2.05, 4.69) is 24.1 Å². The predicted molar refractivity (Wildman–Crippen MR) is 78.4 cm³/mol. The average molecular weight is 264 g/mol. The van der Waals surface area contributed by atoms with Crippen LogP contribution >= 0.6 is 0 Å². The SMILES string of the molecule is CC(C)CNCCc1ncc(C2CCCCCC2)o1. The molecule has 1 fully saturated rings. The molecule has 1 aromatic rings. The van der Waals surface area contributed by atoms with E-state index in [1.54, 1.807) is 0 Å². The molecule has 1 aliphatic rings. The molecule has 3 nitrogen and oxygen atoms in total. The molecule has 0 spiro atoms. The first-order chi connectivity index (χ1) is 9.25. The number of hydrogen-bond acceptors (Lipinski definition) is 3. The summed E-state index contributed by atoms with van der Waals surface area (Å²) in [5, 5.41) is 3.43. The molecule has 0 unspecified atom stereocenters. The molecule has 0 saturated heterocycles. The third-order valence-electron chi connectivity index (χ3n) is 3.90. The predicted octanol–water partition coefficient (Wildman–Crippen LogP) is 3.90. The summed E-state index contributed by atoms with van der Waals surface area (Å²) in [5.74, 6) is 3.34. The Balaban J connectivity index is 1.77. The van der Waals surface area contributed by atoms with Crippen molar-refractivity contribution in [1.82, 2.24) is 10.3 Å². The highest BCUT2D eigenvalue weighted by molar-refractivity contribution is 5.02. The van der Waals surface area contributed by atoms with Crippen molar-refractivity contribution in [3.8, 4) is 0 Å². The van der Waals surface area contributed by atoms with Gasteiger partial charge in [0.25, 0.3) is 0 Å². The quantitative estimate of drug-likeness (QED) is 0.625. The molecule has 3 heteroatoms. The Hall–Kier alpha value is -0.830. The van der Waals surface area contributed by atoms with E-state index >= 15 is 0 Å². The largest absolute Gasteiger partial charge is 0.445 e. The topological polar surface area (TPSA) is 38.1 Å². The highest BCUT2D eigenvalue weighted by atomic mass is 16.4. The molecular formula is C16H28N2O. The second kappa shape index (κ2) is 7.68. The Bertz CT molecular complexity index is 351. The smallest absolute Gasteiger partial charge is 0.195 e. The van der Waals surface area contributed by atoms with E-state index in [-0.39, 0.29) is 0 Å². The lowest BCUT2D eigenvalue weighted by atomic mass is 9.98. The molecule has 0 aliphatic heterocycles. The number of nitrogens with zero attached hydrogens (tertiary/aromatic N) is 1. The fraction of sp³-hybridized carbons (Fsp3) is 0.812. The van der Waals surface area contributed by atoms with Gasteiger partial charge in [-0.25, -0.2) is 4.98 Å². The van der Waals surface area contributed by atoms with Crippen LogP contribution in [0.5, 0.6) is 0 Å². The summed E-state index contributed by atoms with van der Waals surface area (Å²) in [7, 11) is 0. The molecule has 0 amide bonds. The van der Waals surface area contributed by atoms with E-state index in [1.165, 1.54) is 38.5 Å². The minimum absolute atomic E-state index is 0.618. The van der Waals surface area contributed by atoms with Crippen molar-refractivity contribution in [3.05, 3.63) is 17.8 Å². The Labute approximate surface area is 117 Å². The van der Waals surface area contributed by atoms with Crippen molar-refractivity contribution in [2.45, 2.75) is 64.7 Å². The molecule has 1 N–H and O–H groups in total. The van der Waals surface area contributed by atoms with Gasteiger partial charge in [-0.05, 0) is 25.3 Å². The van der Waals surface area contributed by atoms with Gasteiger partial charge in [0.05, 0.1) is 6.20 Å². The van der Waals surface area contributed by atoms with Gasteiger partial charge in [-0.2, -0.15) is 0 Å². The van der Waals surface area contributed by atoms with Crippen molar-refractivity contribution in [3.63, 3.8) is 0 Å². The highest BCUT2D eigenvalue weighted by Gasteiger charge is 2.18. The van der Waals surface area contributed by atoms with Crippen molar-refractivity contribution in [2.24, 2.45) is 5.92 Å². The molecule has 0 bridgehead atoms. The van der Waals surface area contributed by atoms with Gasteiger partial charge in [0, 0.05) is 18.9 Å². The molecule has 1 aromatic heterocycles. The van der Waals surface area contributed by atoms with Crippen LogP contribution in [0.25, 0.3) is 0 Å². The van der Waals surface area contributed by atoms with Gasteiger partial charge in [0.15, 0.2) is 5.89 Å². The first-order valence-electron chi connectivity index (χ1n) is 7.91. The maximum absolute atomic E-state index is 5.93. The lowest BCUT2D eigenvalue weighted by Crippen LogP contribution is -2.22. The summed E-state index contributed by atoms with van der Waals surface area (Å²) in [6.45, 7) is 6.48. The Morgan fingerprint density at radius 3 is 2.68 bits per heavy atom. The summed E-state index contributed by atoms with van der Waals surface area (Å²) in [5.41, 5.74) is 0. The zero-order chi connectivity index (χ0) is 13.5. The van der Waals surface area contributed by atoms with Gasteiger partial charge in [-0.3, -0.25) is 0 Å². The number of hydrogen-bond donors (Lipinski definition) is 1. The number of rotatable bonds is 6. The summed E-state index contributed by atoms with van der Waals surface area (Å²) in [6, 6.07) is 0. The van der Waals surface area contributed by atoms with Crippen LogP contribution in [0.1, 0.15) is 69.9 Å². The van der Waals surface area contributed by atoms with E-state index in [1.807, 2.05) is 6.20 Å². The summed E-state index contributed by atoms with van der Waals surface area (Å²) in [4.78, 5) is 4.43. The van der Waals surface area contributed by atoms with Crippen molar-refractivity contribution >= 4 is 0 Å². The molecule has 0 radical (unpaired) electrons. The van der Waals surface area contributed by atoms with Gasteiger partial charge in [0.2, 0.25) is 0 Å². The van der Waals surface area contributed by atoms with Crippen LogP contribution in [0.2, 0.25) is 0 Å². The zero-order valence-electron chi connectivity index (χ0n) is 12.5. The van der Waals surface area contributed by atoms with E-state index in [9.17, 15) is 0 Å².